The molecule has 0 unspecified atom stereocenters. The van der Waals surface area contributed by atoms with Crippen molar-refractivity contribution in [3.63, 3.8) is 0 Å². The fourth-order valence-corrected chi connectivity index (χ4v) is 3.44. The zero-order valence-corrected chi connectivity index (χ0v) is 12.6. The summed E-state index contributed by atoms with van der Waals surface area (Å²) in [4.78, 5) is 17.9. The van der Waals surface area contributed by atoms with Crippen LogP contribution in [0, 0.1) is 0 Å². The minimum atomic E-state index is -0.914. The van der Waals surface area contributed by atoms with Crippen molar-refractivity contribution >= 4 is 17.3 Å². The molecule has 2 aromatic rings. The average molecular weight is 302 g/mol. The lowest BCUT2D eigenvalue weighted by Gasteiger charge is -2.26. The number of piperidine rings is 1. The second kappa shape index (κ2) is 6.37. The Labute approximate surface area is 128 Å². The molecule has 0 aliphatic carbocycles. The van der Waals surface area contributed by atoms with E-state index in [0.29, 0.717) is 0 Å². The maximum Gasteiger partial charge on any atom is 0.347 e. The summed E-state index contributed by atoms with van der Waals surface area (Å²) in [6.45, 7) is 3.31. The molecule has 1 aliphatic heterocycles. The highest BCUT2D eigenvalue weighted by molar-refractivity contribution is 7.16. The molecule has 1 aliphatic rings. The van der Waals surface area contributed by atoms with E-state index in [1.165, 1.54) is 55.4 Å². The number of carboxylic acids is 1. The monoisotopic (exact) mass is 302 g/mol. The molecule has 21 heavy (non-hydrogen) atoms. The maximum atomic E-state index is 10.9. The highest BCUT2D eigenvalue weighted by atomic mass is 32.1. The second-order valence-corrected chi connectivity index (χ2v) is 6.40. The van der Waals surface area contributed by atoms with Crippen LogP contribution in [-0.4, -0.2) is 34.0 Å². The van der Waals surface area contributed by atoms with Gasteiger partial charge in [0.05, 0.1) is 6.20 Å². The van der Waals surface area contributed by atoms with Gasteiger partial charge in [-0.2, -0.15) is 0 Å². The number of thiazole rings is 1. The van der Waals surface area contributed by atoms with Crippen molar-refractivity contribution in [1.82, 2.24) is 9.88 Å². The van der Waals surface area contributed by atoms with Crippen molar-refractivity contribution in [1.29, 1.82) is 0 Å². The number of likely N-dealkylation sites (tertiary alicyclic amines) is 1. The van der Waals surface area contributed by atoms with E-state index < -0.39 is 5.97 Å². The van der Waals surface area contributed by atoms with E-state index in [1.807, 2.05) is 12.1 Å². The number of hydrogen-bond acceptors (Lipinski definition) is 4. The van der Waals surface area contributed by atoms with E-state index in [2.05, 4.69) is 22.0 Å². The first-order valence-electron chi connectivity index (χ1n) is 7.23. The van der Waals surface area contributed by atoms with E-state index in [4.69, 9.17) is 5.11 Å². The second-order valence-electron chi connectivity index (χ2n) is 5.37. The predicted molar refractivity (Wildman–Crippen MR) is 83.6 cm³/mol. The Balaban J connectivity index is 1.76. The molecule has 5 heteroatoms. The van der Waals surface area contributed by atoms with Crippen LogP contribution in [0.25, 0.3) is 10.6 Å². The summed E-state index contributed by atoms with van der Waals surface area (Å²) in [6.07, 6.45) is 5.34. The Morgan fingerprint density at radius 3 is 2.81 bits per heavy atom. The zero-order valence-electron chi connectivity index (χ0n) is 11.8. The molecule has 0 saturated carbocycles. The van der Waals surface area contributed by atoms with Gasteiger partial charge in [0.2, 0.25) is 0 Å². The Morgan fingerprint density at radius 1 is 1.29 bits per heavy atom. The van der Waals surface area contributed by atoms with Crippen LogP contribution >= 0.6 is 11.3 Å². The van der Waals surface area contributed by atoms with Crippen LogP contribution < -0.4 is 0 Å². The molecule has 4 nitrogen and oxygen atoms in total. The average Bonchev–Trinajstić information content (AvgIpc) is 2.99. The third-order valence-electron chi connectivity index (χ3n) is 3.75. The maximum absolute atomic E-state index is 10.9. The summed E-state index contributed by atoms with van der Waals surface area (Å²) in [7, 11) is 0. The molecular formula is C16H18N2O2S. The van der Waals surface area contributed by atoms with Gasteiger partial charge in [0.25, 0.3) is 0 Å². The lowest BCUT2D eigenvalue weighted by molar-refractivity contribution is 0.0702. The Morgan fingerprint density at radius 2 is 2.10 bits per heavy atom. The molecule has 110 valence electrons. The van der Waals surface area contributed by atoms with Gasteiger partial charge in [-0.3, -0.25) is 4.90 Å². The SMILES string of the molecule is O=C(O)c1cnc(-c2cccc(CN3CCCCC3)c2)s1. The van der Waals surface area contributed by atoms with Crippen molar-refractivity contribution in [2.45, 2.75) is 25.8 Å². The lowest BCUT2D eigenvalue weighted by atomic mass is 10.1. The molecule has 1 aromatic carbocycles. The zero-order chi connectivity index (χ0) is 14.7. The van der Waals surface area contributed by atoms with Crippen LogP contribution in [0.3, 0.4) is 0 Å². The molecule has 3 rings (SSSR count). The van der Waals surface area contributed by atoms with Crippen LogP contribution in [0.2, 0.25) is 0 Å². The van der Waals surface area contributed by atoms with Crippen molar-refractivity contribution in [2.75, 3.05) is 13.1 Å². The molecular weight excluding hydrogens is 284 g/mol. The normalized spacial score (nSPS) is 16.0. The molecule has 2 heterocycles. The molecule has 1 fully saturated rings. The first-order valence-corrected chi connectivity index (χ1v) is 8.05. The van der Waals surface area contributed by atoms with Gasteiger partial charge < -0.3 is 5.11 Å². The van der Waals surface area contributed by atoms with Gasteiger partial charge in [-0.15, -0.1) is 11.3 Å². The standard InChI is InChI=1S/C16H18N2O2S/c19-16(20)14-10-17-15(21-14)13-6-4-5-12(9-13)11-18-7-2-1-3-8-18/h4-6,9-10H,1-3,7-8,11H2,(H,19,20). The van der Waals surface area contributed by atoms with Gasteiger partial charge in [0, 0.05) is 12.1 Å². The number of rotatable bonds is 4. The van der Waals surface area contributed by atoms with Gasteiger partial charge >= 0.3 is 5.97 Å². The van der Waals surface area contributed by atoms with E-state index in [9.17, 15) is 4.79 Å². The number of benzene rings is 1. The number of aromatic carboxylic acids is 1. The van der Waals surface area contributed by atoms with E-state index in [1.54, 1.807) is 0 Å². The van der Waals surface area contributed by atoms with Gasteiger partial charge in [0.1, 0.15) is 9.88 Å². The van der Waals surface area contributed by atoms with Gasteiger partial charge in [-0.1, -0.05) is 24.6 Å². The number of hydrogen-bond donors (Lipinski definition) is 1. The smallest absolute Gasteiger partial charge is 0.347 e. The quantitative estimate of drug-likeness (QED) is 0.939. The van der Waals surface area contributed by atoms with Crippen molar-refractivity contribution in [3.8, 4) is 10.6 Å². The van der Waals surface area contributed by atoms with Crippen LogP contribution in [0.1, 0.15) is 34.5 Å². The molecule has 1 N–H and O–H groups in total. The van der Waals surface area contributed by atoms with Crippen LogP contribution in [-0.2, 0) is 6.54 Å². The Bertz CT molecular complexity index is 633. The summed E-state index contributed by atoms with van der Waals surface area (Å²) in [6, 6.07) is 8.27. The van der Waals surface area contributed by atoms with Gasteiger partial charge in [0.15, 0.2) is 0 Å². The number of carbonyl (C=O) groups is 1. The lowest BCUT2D eigenvalue weighted by Crippen LogP contribution is -2.29. The molecule has 1 saturated heterocycles. The van der Waals surface area contributed by atoms with E-state index >= 15 is 0 Å². The molecule has 0 amide bonds. The predicted octanol–water partition coefficient (Wildman–Crippen LogP) is 3.49. The molecule has 0 bridgehead atoms. The fraction of sp³-hybridized carbons (Fsp3) is 0.375. The van der Waals surface area contributed by atoms with E-state index in [-0.39, 0.29) is 4.88 Å². The molecule has 0 spiro atoms. The topological polar surface area (TPSA) is 53.4 Å². The van der Waals surface area contributed by atoms with E-state index in [0.717, 1.165) is 17.1 Å². The molecule has 0 radical (unpaired) electrons. The molecule has 1 aromatic heterocycles. The van der Waals surface area contributed by atoms with Crippen molar-refractivity contribution < 1.29 is 9.90 Å². The first kappa shape index (κ1) is 14.2. The highest BCUT2D eigenvalue weighted by Crippen LogP contribution is 2.26. The minimum absolute atomic E-state index is 0.284. The summed E-state index contributed by atoms with van der Waals surface area (Å²) in [5, 5.41) is 9.75. The summed E-state index contributed by atoms with van der Waals surface area (Å²) >= 11 is 1.22. The highest BCUT2D eigenvalue weighted by Gasteiger charge is 2.13. The van der Waals surface area contributed by atoms with Crippen molar-refractivity contribution in [3.05, 3.63) is 40.9 Å². The van der Waals surface area contributed by atoms with Gasteiger partial charge in [-0.05, 0) is 37.6 Å². The third kappa shape index (κ3) is 3.49. The van der Waals surface area contributed by atoms with Gasteiger partial charge in [-0.25, -0.2) is 9.78 Å². The largest absolute Gasteiger partial charge is 0.477 e. The first-order chi connectivity index (χ1) is 10.2. The minimum Gasteiger partial charge on any atom is -0.477 e. The Hall–Kier alpha value is -1.72. The number of carboxylic acid groups (broad SMARTS) is 1. The fourth-order valence-electron chi connectivity index (χ4n) is 2.68. The third-order valence-corrected chi connectivity index (χ3v) is 4.78. The van der Waals surface area contributed by atoms with Crippen LogP contribution in [0.5, 0.6) is 0 Å². The number of aromatic nitrogens is 1. The molecule has 0 atom stereocenters. The Kier molecular flexibility index (Phi) is 4.31. The summed E-state index contributed by atoms with van der Waals surface area (Å²) in [5.41, 5.74) is 2.27. The summed E-state index contributed by atoms with van der Waals surface area (Å²) in [5.74, 6) is -0.914. The van der Waals surface area contributed by atoms with Crippen LogP contribution in [0.4, 0.5) is 0 Å². The van der Waals surface area contributed by atoms with Crippen LogP contribution in [0.15, 0.2) is 30.5 Å². The number of nitrogens with zero attached hydrogens (tertiary/aromatic N) is 2. The van der Waals surface area contributed by atoms with Crippen molar-refractivity contribution in [2.24, 2.45) is 0 Å². The summed E-state index contributed by atoms with van der Waals surface area (Å²) < 4.78 is 0.